The topological polar surface area (TPSA) is 68.3 Å². The van der Waals surface area contributed by atoms with E-state index in [0.29, 0.717) is 16.8 Å². The first kappa shape index (κ1) is 18.7. The van der Waals surface area contributed by atoms with E-state index in [2.05, 4.69) is 10.3 Å². The molecule has 2 aromatic carbocycles. The molecule has 1 aromatic heterocycles. The van der Waals surface area contributed by atoms with Crippen LogP contribution in [0.2, 0.25) is 0 Å². The van der Waals surface area contributed by atoms with Crippen molar-refractivity contribution in [3.8, 4) is 11.3 Å². The molecule has 0 spiro atoms. The van der Waals surface area contributed by atoms with E-state index in [1.54, 1.807) is 23.6 Å². The van der Waals surface area contributed by atoms with Crippen molar-refractivity contribution in [1.82, 2.24) is 4.98 Å². The number of esters is 1. The predicted octanol–water partition coefficient (Wildman–Crippen LogP) is 4.19. The molecule has 8 heteroatoms. The van der Waals surface area contributed by atoms with Gasteiger partial charge in [-0.3, -0.25) is 10.1 Å². The second-order valence-electron chi connectivity index (χ2n) is 5.66. The summed E-state index contributed by atoms with van der Waals surface area (Å²) in [6, 6.07) is 10.3. The molecule has 0 saturated heterocycles. The monoisotopic (exact) mass is 388 g/mol. The second-order valence-corrected chi connectivity index (χ2v) is 6.52. The molecule has 1 heterocycles. The minimum absolute atomic E-state index is 0.256. The first-order chi connectivity index (χ1) is 12.9. The van der Waals surface area contributed by atoms with Crippen LogP contribution < -0.4 is 5.32 Å². The van der Waals surface area contributed by atoms with Gasteiger partial charge in [0.1, 0.15) is 0 Å². The maximum absolute atomic E-state index is 13.3. The molecule has 0 fully saturated rings. The quantitative estimate of drug-likeness (QED) is 0.666. The molecule has 3 rings (SSSR count). The van der Waals surface area contributed by atoms with Crippen LogP contribution in [0.25, 0.3) is 11.3 Å². The average Bonchev–Trinajstić information content (AvgIpc) is 3.10. The van der Waals surface area contributed by atoms with E-state index in [4.69, 9.17) is 4.74 Å². The number of ether oxygens (including phenoxy) is 1. The minimum atomic E-state index is -0.978. The van der Waals surface area contributed by atoms with E-state index in [1.807, 2.05) is 13.0 Å². The Hall–Kier alpha value is -3.13. The molecule has 1 N–H and O–H groups in total. The average molecular weight is 388 g/mol. The van der Waals surface area contributed by atoms with Gasteiger partial charge in [0.15, 0.2) is 23.4 Å². The maximum atomic E-state index is 13.3. The van der Waals surface area contributed by atoms with Crippen LogP contribution in [0, 0.1) is 18.6 Å². The third-order valence-corrected chi connectivity index (χ3v) is 4.31. The lowest BCUT2D eigenvalue weighted by atomic mass is 10.1. The van der Waals surface area contributed by atoms with E-state index in [-0.39, 0.29) is 5.13 Å². The summed E-state index contributed by atoms with van der Waals surface area (Å²) in [5.41, 5.74) is 2.04. The van der Waals surface area contributed by atoms with Crippen LogP contribution in [0.15, 0.2) is 47.8 Å². The van der Waals surface area contributed by atoms with Gasteiger partial charge in [-0.25, -0.2) is 18.6 Å². The smallest absolute Gasteiger partial charge is 0.338 e. The van der Waals surface area contributed by atoms with E-state index >= 15 is 0 Å². The van der Waals surface area contributed by atoms with Gasteiger partial charge >= 0.3 is 5.97 Å². The number of nitrogens with zero attached hydrogens (tertiary/aromatic N) is 1. The van der Waals surface area contributed by atoms with Gasteiger partial charge in [0.05, 0.1) is 11.3 Å². The molecule has 0 saturated carbocycles. The summed E-state index contributed by atoms with van der Waals surface area (Å²) in [5.74, 6) is -3.08. The molecule has 1 amide bonds. The summed E-state index contributed by atoms with van der Waals surface area (Å²) in [6.07, 6.45) is 0. The molecule has 138 valence electrons. The minimum Gasteiger partial charge on any atom is -0.452 e. The number of anilines is 1. The highest BCUT2D eigenvalue weighted by Gasteiger charge is 2.13. The lowest BCUT2D eigenvalue weighted by molar-refractivity contribution is -0.119. The van der Waals surface area contributed by atoms with Crippen molar-refractivity contribution < 1.29 is 23.1 Å². The molecule has 0 aliphatic heterocycles. The number of amides is 1. The molecule has 0 aliphatic rings. The zero-order valence-corrected chi connectivity index (χ0v) is 15.0. The van der Waals surface area contributed by atoms with E-state index < -0.39 is 30.1 Å². The van der Waals surface area contributed by atoms with Gasteiger partial charge in [-0.15, -0.1) is 11.3 Å². The number of benzene rings is 2. The van der Waals surface area contributed by atoms with Crippen molar-refractivity contribution in [2.75, 3.05) is 11.9 Å². The van der Waals surface area contributed by atoms with Crippen LogP contribution in [0.5, 0.6) is 0 Å². The Morgan fingerprint density at radius 2 is 1.96 bits per heavy atom. The highest BCUT2D eigenvalue weighted by molar-refractivity contribution is 7.14. The number of carbonyl (C=O) groups excluding carboxylic acids is 2. The number of nitrogens with one attached hydrogen (secondary N) is 1. The molecule has 3 aromatic rings. The van der Waals surface area contributed by atoms with Gasteiger partial charge in [-0.05, 0) is 37.3 Å². The number of carbonyl (C=O) groups is 2. The Bertz CT molecular complexity index is 1000. The SMILES string of the molecule is Cc1cccc(C(=O)OCC(=O)Nc2nc(-c3ccc(F)c(F)c3)cs2)c1. The highest BCUT2D eigenvalue weighted by atomic mass is 32.1. The molecule has 0 atom stereocenters. The van der Waals surface area contributed by atoms with Crippen molar-refractivity contribution in [3.63, 3.8) is 0 Å². The zero-order chi connectivity index (χ0) is 19.4. The van der Waals surface area contributed by atoms with Crippen LogP contribution in [0.3, 0.4) is 0 Å². The summed E-state index contributed by atoms with van der Waals surface area (Å²) < 4.78 is 31.3. The normalized spacial score (nSPS) is 10.5. The van der Waals surface area contributed by atoms with Crippen LogP contribution in [-0.4, -0.2) is 23.5 Å². The lowest BCUT2D eigenvalue weighted by Crippen LogP contribution is -2.20. The highest BCUT2D eigenvalue weighted by Crippen LogP contribution is 2.26. The van der Waals surface area contributed by atoms with Gasteiger partial charge in [0.25, 0.3) is 5.91 Å². The van der Waals surface area contributed by atoms with Gasteiger partial charge in [0, 0.05) is 10.9 Å². The van der Waals surface area contributed by atoms with E-state index in [1.165, 1.54) is 6.07 Å². The third kappa shape index (κ3) is 4.73. The third-order valence-electron chi connectivity index (χ3n) is 3.55. The fraction of sp³-hybridized carbons (Fsp3) is 0.105. The van der Waals surface area contributed by atoms with Crippen LogP contribution in [-0.2, 0) is 9.53 Å². The Balaban J connectivity index is 1.57. The fourth-order valence-corrected chi connectivity index (χ4v) is 3.00. The molecule has 0 bridgehead atoms. The van der Waals surface area contributed by atoms with Crippen LogP contribution in [0.1, 0.15) is 15.9 Å². The van der Waals surface area contributed by atoms with Gasteiger partial charge < -0.3 is 4.74 Å². The fourth-order valence-electron chi connectivity index (χ4n) is 2.26. The Kier molecular flexibility index (Phi) is 5.56. The largest absolute Gasteiger partial charge is 0.452 e. The second kappa shape index (κ2) is 8.05. The van der Waals surface area contributed by atoms with Crippen LogP contribution >= 0.6 is 11.3 Å². The number of hydrogen-bond donors (Lipinski definition) is 1. The zero-order valence-electron chi connectivity index (χ0n) is 14.2. The lowest BCUT2D eigenvalue weighted by Gasteiger charge is -2.05. The van der Waals surface area contributed by atoms with Crippen molar-refractivity contribution in [2.24, 2.45) is 0 Å². The van der Waals surface area contributed by atoms with Gasteiger partial charge in [0.2, 0.25) is 0 Å². The predicted molar refractivity (Wildman–Crippen MR) is 97.6 cm³/mol. The first-order valence-corrected chi connectivity index (χ1v) is 8.75. The summed E-state index contributed by atoms with van der Waals surface area (Å²) in [5, 5.41) is 4.35. The molecule has 5 nitrogen and oxygen atoms in total. The van der Waals surface area contributed by atoms with E-state index in [0.717, 1.165) is 29.0 Å². The molecular formula is C19H14F2N2O3S. The number of hydrogen-bond acceptors (Lipinski definition) is 5. The summed E-state index contributed by atoms with van der Waals surface area (Å²) in [7, 11) is 0. The van der Waals surface area contributed by atoms with Crippen molar-refractivity contribution in [3.05, 3.63) is 70.6 Å². The molecule has 0 aliphatic carbocycles. The van der Waals surface area contributed by atoms with Crippen molar-refractivity contribution in [1.29, 1.82) is 0 Å². The summed E-state index contributed by atoms with van der Waals surface area (Å²) in [4.78, 5) is 28.0. The first-order valence-electron chi connectivity index (χ1n) is 7.87. The number of rotatable bonds is 5. The van der Waals surface area contributed by atoms with E-state index in [9.17, 15) is 18.4 Å². The van der Waals surface area contributed by atoms with Crippen molar-refractivity contribution in [2.45, 2.75) is 6.92 Å². The standard InChI is InChI=1S/C19H14F2N2O3S/c1-11-3-2-4-13(7-11)18(25)26-9-17(24)23-19-22-16(10-27-19)12-5-6-14(20)15(21)8-12/h2-8,10H,9H2,1H3,(H,22,23,24). The van der Waals surface area contributed by atoms with Crippen molar-refractivity contribution >= 4 is 28.3 Å². The van der Waals surface area contributed by atoms with Gasteiger partial charge in [-0.1, -0.05) is 17.7 Å². The Labute approximate surface area is 157 Å². The number of halogens is 2. The molecule has 0 unspecified atom stereocenters. The van der Waals surface area contributed by atoms with Crippen LogP contribution in [0.4, 0.5) is 13.9 Å². The summed E-state index contributed by atoms with van der Waals surface area (Å²) >= 11 is 1.12. The van der Waals surface area contributed by atoms with Gasteiger partial charge in [-0.2, -0.15) is 0 Å². The Morgan fingerprint density at radius 1 is 1.15 bits per heavy atom. The number of aromatic nitrogens is 1. The number of thiazole rings is 1. The summed E-state index contributed by atoms with van der Waals surface area (Å²) in [6.45, 7) is 1.38. The molecular weight excluding hydrogens is 374 g/mol. The Morgan fingerprint density at radius 3 is 2.70 bits per heavy atom. The maximum Gasteiger partial charge on any atom is 0.338 e. The molecule has 27 heavy (non-hydrogen) atoms. The number of aryl methyl sites for hydroxylation is 1. The molecule has 0 radical (unpaired) electrons.